The van der Waals surface area contributed by atoms with Crippen molar-refractivity contribution < 1.29 is 9.53 Å². The van der Waals surface area contributed by atoms with Crippen LogP contribution >= 0.6 is 23.1 Å². The van der Waals surface area contributed by atoms with Gasteiger partial charge in [-0.3, -0.25) is 9.89 Å². The van der Waals surface area contributed by atoms with Gasteiger partial charge in [0.15, 0.2) is 0 Å². The highest BCUT2D eigenvalue weighted by Crippen LogP contribution is 2.43. The number of hydrogen-bond donors (Lipinski definition) is 1. The molecule has 0 aromatic carbocycles. The molecule has 24 heavy (non-hydrogen) atoms. The maximum absolute atomic E-state index is 13.1. The summed E-state index contributed by atoms with van der Waals surface area (Å²) >= 11 is 3.34. The van der Waals surface area contributed by atoms with E-state index in [0.29, 0.717) is 0 Å². The number of hydrogen-bond acceptors (Lipinski definition) is 5. The molecule has 1 atom stereocenters. The quantitative estimate of drug-likeness (QED) is 0.846. The lowest BCUT2D eigenvalue weighted by Gasteiger charge is -2.32. The summed E-state index contributed by atoms with van der Waals surface area (Å²) in [4.78, 5) is 16.2. The number of thiophene rings is 1. The SMILES string of the molecule is CSc1sc(-c2cc[nH]n2)c2c1C(=O)N(CC1CCCCO1)CC2. The number of aromatic amines is 1. The summed E-state index contributed by atoms with van der Waals surface area (Å²) in [5.41, 5.74) is 3.00. The van der Waals surface area contributed by atoms with E-state index in [-0.39, 0.29) is 12.0 Å². The maximum atomic E-state index is 13.1. The highest BCUT2D eigenvalue weighted by molar-refractivity contribution is 8.00. The molecule has 2 aromatic heterocycles. The fourth-order valence-corrected chi connectivity index (χ4v) is 5.55. The largest absolute Gasteiger partial charge is 0.376 e. The summed E-state index contributed by atoms with van der Waals surface area (Å²) < 4.78 is 6.93. The van der Waals surface area contributed by atoms with E-state index in [1.165, 1.54) is 12.0 Å². The second-order valence-corrected chi connectivity index (χ2v) is 8.32. The number of nitrogens with zero attached hydrogens (tertiary/aromatic N) is 2. The monoisotopic (exact) mass is 363 g/mol. The smallest absolute Gasteiger partial charge is 0.256 e. The van der Waals surface area contributed by atoms with Crippen molar-refractivity contribution in [1.29, 1.82) is 0 Å². The molecule has 0 radical (unpaired) electrons. The molecule has 1 amide bonds. The van der Waals surface area contributed by atoms with Crippen molar-refractivity contribution in [3.8, 4) is 10.6 Å². The molecule has 1 unspecified atom stereocenters. The van der Waals surface area contributed by atoms with Crippen LogP contribution in [0.2, 0.25) is 0 Å². The minimum atomic E-state index is 0.160. The summed E-state index contributed by atoms with van der Waals surface area (Å²) in [6.45, 7) is 2.32. The lowest BCUT2D eigenvalue weighted by Crippen LogP contribution is -2.43. The van der Waals surface area contributed by atoms with Gasteiger partial charge in [0.05, 0.1) is 20.8 Å². The normalized spacial score (nSPS) is 21.1. The number of rotatable bonds is 4. The van der Waals surface area contributed by atoms with Gasteiger partial charge in [-0.25, -0.2) is 0 Å². The molecule has 1 saturated heterocycles. The number of carbonyl (C=O) groups is 1. The fourth-order valence-electron chi connectivity index (χ4n) is 3.51. The molecule has 0 saturated carbocycles. The molecule has 2 aliphatic rings. The Morgan fingerprint density at radius 3 is 3.12 bits per heavy atom. The first kappa shape index (κ1) is 16.2. The number of fused-ring (bicyclic) bond motifs is 1. The number of thioether (sulfide) groups is 1. The summed E-state index contributed by atoms with van der Waals surface area (Å²) in [6.07, 6.45) is 8.38. The minimum absolute atomic E-state index is 0.160. The second kappa shape index (κ2) is 6.90. The molecule has 7 heteroatoms. The zero-order chi connectivity index (χ0) is 16.5. The Morgan fingerprint density at radius 1 is 1.50 bits per heavy atom. The Labute approximate surface area is 149 Å². The third-order valence-electron chi connectivity index (χ3n) is 4.72. The Balaban J connectivity index is 1.62. The summed E-state index contributed by atoms with van der Waals surface area (Å²) in [7, 11) is 0. The lowest BCUT2D eigenvalue weighted by molar-refractivity contribution is -0.00446. The van der Waals surface area contributed by atoms with E-state index in [1.54, 1.807) is 23.1 Å². The zero-order valence-corrected chi connectivity index (χ0v) is 15.3. The van der Waals surface area contributed by atoms with Crippen LogP contribution in [-0.4, -0.2) is 53.1 Å². The summed E-state index contributed by atoms with van der Waals surface area (Å²) in [5, 5.41) is 7.19. The van der Waals surface area contributed by atoms with Gasteiger partial charge in [0, 0.05) is 25.9 Å². The van der Waals surface area contributed by atoms with E-state index in [2.05, 4.69) is 10.2 Å². The van der Waals surface area contributed by atoms with Crippen molar-refractivity contribution in [2.45, 2.75) is 36.0 Å². The highest BCUT2D eigenvalue weighted by Gasteiger charge is 2.33. The average Bonchev–Trinajstić information content (AvgIpc) is 3.25. The first-order valence-electron chi connectivity index (χ1n) is 8.38. The average molecular weight is 364 g/mol. The standard InChI is InChI=1S/C17H21N3O2S2/c1-23-17-14-12(15(24-17)13-5-7-18-19-13)6-8-20(16(14)21)10-11-4-2-3-9-22-11/h5,7,11H,2-4,6,8-10H2,1H3,(H,18,19). The zero-order valence-electron chi connectivity index (χ0n) is 13.7. The maximum Gasteiger partial charge on any atom is 0.256 e. The van der Waals surface area contributed by atoms with Crippen molar-refractivity contribution in [1.82, 2.24) is 15.1 Å². The molecule has 1 N–H and O–H groups in total. The summed E-state index contributed by atoms with van der Waals surface area (Å²) in [5.74, 6) is 0.160. The fraction of sp³-hybridized carbons (Fsp3) is 0.529. The molecule has 0 spiro atoms. The van der Waals surface area contributed by atoms with Gasteiger partial charge in [0.1, 0.15) is 5.69 Å². The van der Waals surface area contributed by atoms with Crippen LogP contribution in [0.5, 0.6) is 0 Å². The van der Waals surface area contributed by atoms with Gasteiger partial charge < -0.3 is 9.64 Å². The van der Waals surface area contributed by atoms with Crippen LogP contribution in [0.4, 0.5) is 0 Å². The highest BCUT2D eigenvalue weighted by atomic mass is 32.2. The van der Waals surface area contributed by atoms with Crippen molar-refractivity contribution in [2.24, 2.45) is 0 Å². The van der Waals surface area contributed by atoms with Crippen LogP contribution in [-0.2, 0) is 11.2 Å². The number of H-pyrrole nitrogens is 1. The van der Waals surface area contributed by atoms with Crippen LogP contribution in [0.1, 0.15) is 35.2 Å². The van der Waals surface area contributed by atoms with Gasteiger partial charge in [-0.15, -0.1) is 23.1 Å². The van der Waals surface area contributed by atoms with Gasteiger partial charge >= 0.3 is 0 Å². The van der Waals surface area contributed by atoms with E-state index < -0.39 is 0 Å². The number of amides is 1. The lowest BCUT2D eigenvalue weighted by atomic mass is 9.99. The second-order valence-electron chi connectivity index (χ2n) is 6.23. The van der Waals surface area contributed by atoms with Gasteiger partial charge in [-0.05, 0) is 43.6 Å². The van der Waals surface area contributed by atoms with Crippen LogP contribution in [0, 0.1) is 0 Å². The molecule has 0 aliphatic carbocycles. The van der Waals surface area contributed by atoms with Crippen LogP contribution in [0.25, 0.3) is 10.6 Å². The molecule has 0 bridgehead atoms. The van der Waals surface area contributed by atoms with Crippen LogP contribution in [0.15, 0.2) is 16.5 Å². The number of carbonyl (C=O) groups excluding carboxylic acids is 1. The molecule has 4 rings (SSSR count). The molecular weight excluding hydrogens is 342 g/mol. The van der Waals surface area contributed by atoms with E-state index in [0.717, 1.165) is 59.3 Å². The number of nitrogens with one attached hydrogen (secondary N) is 1. The predicted octanol–water partition coefficient (Wildman–Crippen LogP) is 3.43. The molecule has 1 fully saturated rings. The third kappa shape index (κ3) is 2.89. The first-order chi connectivity index (χ1) is 11.8. The molecule has 128 valence electrons. The minimum Gasteiger partial charge on any atom is -0.376 e. The van der Waals surface area contributed by atoms with E-state index in [4.69, 9.17) is 4.74 Å². The topological polar surface area (TPSA) is 58.2 Å². The first-order valence-corrected chi connectivity index (χ1v) is 10.4. The predicted molar refractivity (Wildman–Crippen MR) is 96.9 cm³/mol. The number of aromatic nitrogens is 2. The van der Waals surface area contributed by atoms with E-state index in [1.807, 2.05) is 23.4 Å². The summed E-state index contributed by atoms with van der Waals surface area (Å²) in [6, 6.07) is 1.98. The van der Waals surface area contributed by atoms with Crippen LogP contribution in [0.3, 0.4) is 0 Å². The molecule has 5 nitrogen and oxygen atoms in total. The van der Waals surface area contributed by atoms with E-state index >= 15 is 0 Å². The van der Waals surface area contributed by atoms with Gasteiger partial charge in [-0.1, -0.05) is 0 Å². The van der Waals surface area contributed by atoms with Gasteiger partial charge in [0.2, 0.25) is 0 Å². The molecule has 2 aromatic rings. The Morgan fingerprint density at radius 2 is 2.42 bits per heavy atom. The van der Waals surface area contributed by atoms with Crippen molar-refractivity contribution >= 4 is 29.0 Å². The van der Waals surface area contributed by atoms with Crippen LogP contribution < -0.4 is 0 Å². The van der Waals surface area contributed by atoms with Crippen molar-refractivity contribution in [3.05, 3.63) is 23.4 Å². The van der Waals surface area contributed by atoms with Gasteiger partial charge in [-0.2, -0.15) is 5.10 Å². The third-order valence-corrected chi connectivity index (χ3v) is 7.10. The van der Waals surface area contributed by atoms with Crippen molar-refractivity contribution in [3.63, 3.8) is 0 Å². The molecule has 2 aliphatic heterocycles. The Kier molecular flexibility index (Phi) is 4.65. The Bertz CT molecular complexity index is 721. The molecular formula is C17H21N3O2S2. The number of ether oxygens (including phenoxy) is 1. The Hall–Kier alpha value is -1.31. The molecule has 4 heterocycles. The van der Waals surface area contributed by atoms with E-state index in [9.17, 15) is 4.79 Å². The van der Waals surface area contributed by atoms with Gasteiger partial charge in [0.25, 0.3) is 5.91 Å². The van der Waals surface area contributed by atoms with Crippen molar-refractivity contribution in [2.75, 3.05) is 26.0 Å².